The van der Waals surface area contributed by atoms with Crippen LogP contribution in [-0.4, -0.2) is 86.6 Å². The molecule has 2 saturated heterocycles. The summed E-state index contributed by atoms with van der Waals surface area (Å²) in [4.78, 5) is 35.8. The predicted octanol–water partition coefficient (Wildman–Crippen LogP) is 7.33. The van der Waals surface area contributed by atoms with Crippen molar-refractivity contribution in [2.24, 2.45) is 0 Å². The molecule has 2 aliphatic heterocycles. The number of rotatable bonds is 9. The van der Waals surface area contributed by atoms with Gasteiger partial charge in [0.2, 0.25) is 0 Å². The van der Waals surface area contributed by atoms with E-state index >= 15 is 0 Å². The first-order chi connectivity index (χ1) is 24.1. The number of fused-ring (bicyclic) bond motifs is 1. The molecule has 0 bridgehead atoms. The van der Waals surface area contributed by atoms with Crippen molar-refractivity contribution in [2.45, 2.75) is 51.6 Å². The fourth-order valence-corrected chi connectivity index (χ4v) is 6.58. The highest BCUT2D eigenvalue weighted by Gasteiger charge is 2.25. The Morgan fingerprint density at radius 2 is 1.64 bits per heavy atom. The third-order valence-corrected chi connectivity index (χ3v) is 9.52. The summed E-state index contributed by atoms with van der Waals surface area (Å²) < 4.78 is 16.8. The molecule has 3 amide bonds. The number of methoxy groups -OCH3 is 1. The number of amides is 3. The van der Waals surface area contributed by atoms with E-state index in [2.05, 4.69) is 58.7 Å². The van der Waals surface area contributed by atoms with Gasteiger partial charge in [-0.05, 0) is 72.6 Å². The van der Waals surface area contributed by atoms with Crippen LogP contribution in [0.15, 0.2) is 66.9 Å². The lowest BCUT2D eigenvalue weighted by Gasteiger charge is -2.26. The number of morpholine rings is 1. The zero-order chi connectivity index (χ0) is 35.3. The van der Waals surface area contributed by atoms with Crippen molar-refractivity contribution in [3.63, 3.8) is 0 Å². The van der Waals surface area contributed by atoms with Crippen molar-refractivity contribution in [1.82, 2.24) is 14.8 Å². The first-order valence-electron chi connectivity index (χ1n) is 17.3. The number of likely N-dealkylation sites (tertiary alicyclic amines) is 1. The fourth-order valence-electron chi connectivity index (χ4n) is 6.58. The molecule has 4 aromatic rings. The molecule has 2 fully saturated rings. The molecular weight excluding hydrogens is 632 g/mol. The lowest BCUT2D eigenvalue weighted by atomic mass is 9.86. The second-order valence-corrected chi connectivity index (χ2v) is 14.1. The Labute approximate surface area is 294 Å². The Hall–Kier alpha value is -4.71. The molecule has 0 unspecified atom stereocenters. The van der Waals surface area contributed by atoms with Gasteiger partial charge in [0.05, 0.1) is 43.1 Å². The van der Waals surface area contributed by atoms with Gasteiger partial charge in [-0.15, -0.1) is 0 Å². The van der Waals surface area contributed by atoms with Crippen molar-refractivity contribution in [3.05, 3.63) is 78.1 Å². The number of pyridine rings is 1. The molecule has 50 heavy (non-hydrogen) atoms. The molecule has 1 aromatic heterocycles. The van der Waals surface area contributed by atoms with Gasteiger partial charge in [0, 0.05) is 42.8 Å². The highest BCUT2D eigenvalue weighted by atomic mass is 16.5. The molecule has 0 saturated carbocycles. The predicted molar refractivity (Wildman–Crippen MR) is 198 cm³/mol. The molecule has 0 spiro atoms. The van der Waals surface area contributed by atoms with Crippen LogP contribution in [0.1, 0.15) is 44.9 Å². The van der Waals surface area contributed by atoms with E-state index in [0.29, 0.717) is 29.4 Å². The molecular formula is C39H48N6O5. The number of carbonyl (C=O) groups excluding carboxylic acids is 2. The van der Waals surface area contributed by atoms with E-state index in [0.717, 1.165) is 85.4 Å². The fraction of sp³-hybridized carbons (Fsp3) is 0.410. The van der Waals surface area contributed by atoms with E-state index in [1.165, 1.54) is 7.11 Å². The van der Waals surface area contributed by atoms with Crippen LogP contribution in [0.4, 0.5) is 26.7 Å². The molecule has 3 N–H and O–H groups in total. The maximum atomic E-state index is 13.6. The minimum atomic E-state index is -0.571. The zero-order valence-corrected chi connectivity index (χ0v) is 29.7. The number of ether oxygens (including phenoxy) is 3. The molecule has 0 radical (unpaired) electrons. The summed E-state index contributed by atoms with van der Waals surface area (Å²) in [6.07, 6.45) is 3.43. The third-order valence-electron chi connectivity index (χ3n) is 9.52. The summed E-state index contributed by atoms with van der Waals surface area (Å²) in [5.41, 5.74) is 5.16. The Bertz CT molecular complexity index is 1820. The normalized spacial score (nSPS) is 17.0. The summed E-state index contributed by atoms with van der Waals surface area (Å²) in [5, 5.41) is 10.8. The van der Waals surface area contributed by atoms with E-state index in [1.807, 2.05) is 61.8 Å². The van der Waals surface area contributed by atoms with E-state index in [-0.39, 0.29) is 11.5 Å². The summed E-state index contributed by atoms with van der Waals surface area (Å²) in [6, 6.07) is 19.6. The number of hydrogen-bond acceptors (Lipinski definition) is 8. The first kappa shape index (κ1) is 35.1. The van der Waals surface area contributed by atoms with Crippen LogP contribution in [0.3, 0.4) is 0 Å². The van der Waals surface area contributed by atoms with Gasteiger partial charge in [0.25, 0.3) is 0 Å². The zero-order valence-electron chi connectivity index (χ0n) is 29.7. The molecule has 11 nitrogen and oxygen atoms in total. The standard InChI is InChI=1S/C39H48N6O5/c1-39(2,3)27-21-34(36(48-5)35(22-27)43-38(47)50-25-29-9-8-16-44(29)4)42-37(46)41-33-15-14-30(31-10-6-7-11-32(31)33)26-12-13-28(40-23-26)24-45-17-19-49-20-18-45/h6-7,10-15,21-23,29H,8-9,16-20,24-25H2,1-5H3,(H,43,47)(H2,41,42,46)/t29-/m0/s1. The topological polar surface area (TPSA) is 117 Å². The van der Waals surface area contributed by atoms with Gasteiger partial charge < -0.3 is 29.7 Å². The summed E-state index contributed by atoms with van der Waals surface area (Å²) in [5.74, 6) is 0.327. The van der Waals surface area contributed by atoms with Crippen molar-refractivity contribution in [2.75, 3.05) is 69.6 Å². The molecule has 3 aromatic carbocycles. The number of nitrogens with zero attached hydrogens (tertiary/aromatic N) is 3. The van der Waals surface area contributed by atoms with Crippen LogP contribution < -0.4 is 20.7 Å². The minimum Gasteiger partial charge on any atom is -0.492 e. The molecule has 2 aliphatic rings. The van der Waals surface area contributed by atoms with Crippen molar-refractivity contribution in [1.29, 1.82) is 0 Å². The van der Waals surface area contributed by atoms with Gasteiger partial charge in [0.15, 0.2) is 5.75 Å². The number of hydrogen-bond donors (Lipinski definition) is 3. The van der Waals surface area contributed by atoms with Gasteiger partial charge in [-0.2, -0.15) is 0 Å². The number of likely N-dealkylation sites (N-methyl/N-ethyl adjacent to an activating group) is 1. The molecule has 11 heteroatoms. The molecule has 6 rings (SSSR count). The number of urea groups is 1. The van der Waals surface area contributed by atoms with Crippen molar-refractivity contribution >= 4 is 40.0 Å². The molecule has 1 atom stereocenters. The number of anilines is 3. The van der Waals surface area contributed by atoms with E-state index in [1.54, 1.807) is 0 Å². The van der Waals surface area contributed by atoms with Crippen LogP contribution in [0.25, 0.3) is 21.9 Å². The SMILES string of the molecule is COc1c(NC(=O)Nc2ccc(-c3ccc(CN4CCOCC4)nc3)c3ccccc23)cc(C(C)(C)C)cc1NC(=O)OC[C@@H]1CCCN1C. The Balaban J connectivity index is 1.20. The Kier molecular flexibility index (Phi) is 10.9. The lowest BCUT2D eigenvalue weighted by molar-refractivity contribution is 0.0336. The first-order valence-corrected chi connectivity index (χ1v) is 17.3. The highest BCUT2D eigenvalue weighted by Crippen LogP contribution is 2.39. The monoisotopic (exact) mass is 680 g/mol. The lowest BCUT2D eigenvalue weighted by Crippen LogP contribution is -2.35. The average Bonchev–Trinajstić information content (AvgIpc) is 3.52. The van der Waals surface area contributed by atoms with E-state index in [9.17, 15) is 9.59 Å². The second-order valence-electron chi connectivity index (χ2n) is 14.1. The number of carbonyl (C=O) groups is 2. The van der Waals surface area contributed by atoms with Gasteiger partial charge in [-0.1, -0.05) is 57.2 Å². The summed E-state index contributed by atoms with van der Waals surface area (Å²) in [6.45, 7) is 11.6. The highest BCUT2D eigenvalue weighted by molar-refractivity contribution is 6.10. The number of aromatic nitrogens is 1. The number of benzene rings is 3. The van der Waals surface area contributed by atoms with Gasteiger partial charge in [-0.25, -0.2) is 9.59 Å². The Morgan fingerprint density at radius 1 is 0.920 bits per heavy atom. The van der Waals surface area contributed by atoms with Gasteiger partial charge in [-0.3, -0.25) is 15.2 Å². The molecule has 264 valence electrons. The second kappa shape index (κ2) is 15.5. The summed E-state index contributed by atoms with van der Waals surface area (Å²) in [7, 11) is 3.55. The minimum absolute atomic E-state index is 0.206. The van der Waals surface area contributed by atoms with Crippen LogP contribution in [0.2, 0.25) is 0 Å². The van der Waals surface area contributed by atoms with Crippen LogP contribution in [0, 0.1) is 0 Å². The van der Waals surface area contributed by atoms with Gasteiger partial charge in [0.1, 0.15) is 6.61 Å². The smallest absolute Gasteiger partial charge is 0.411 e. The Morgan fingerprint density at radius 3 is 2.30 bits per heavy atom. The molecule has 3 heterocycles. The van der Waals surface area contributed by atoms with Gasteiger partial charge >= 0.3 is 12.1 Å². The van der Waals surface area contributed by atoms with E-state index < -0.39 is 12.1 Å². The summed E-state index contributed by atoms with van der Waals surface area (Å²) >= 11 is 0. The quantitative estimate of drug-likeness (QED) is 0.168. The number of nitrogens with one attached hydrogen (secondary N) is 3. The van der Waals surface area contributed by atoms with Crippen LogP contribution in [-0.2, 0) is 21.4 Å². The largest absolute Gasteiger partial charge is 0.492 e. The van der Waals surface area contributed by atoms with E-state index in [4.69, 9.17) is 19.2 Å². The van der Waals surface area contributed by atoms with Crippen LogP contribution in [0.5, 0.6) is 5.75 Å². The maximum Gasteiger partial charge on any atom is 0.411 e. The third kappa shape index (κ3) is 8.35. The average molecular weight is 681 g/mol. The van der Waals surface area contributed by atoms with Crippen molar-refractivity contribution < 1.29 is 23.8 Å². The van der Waals surface area contributed by atoms with Crippen LogP contribution >= 0.6 is 0 Å². The maximum absolute atomic E-state index is 13.6. The van der Waals surface area contributed by atoms with Crippen molar-refractivity contribution in [3.8, 4) is 16.9 Å². The molecule has 0 aliphatic carbocycles.